The van der Waals surface area contributed by atoms with Crippen molar-refractivity contribution in [2.45, 2.75) is 37.8 Å². The molecule has 1 fully saturated rings. The van der Waals surface area contributed by atoms with Crippen LogP contribution < -0.4 is 5.32 Å². The van der Waals surface area contributed by atoms with Gasteiger partial charge in [0, 0.05) is 12.5 Å². The van der Waals surface area contributed by atoms with E-state index in [1.165, 1.54) is 16.0 Å². The van der Waals surface area contributed by atoms with E-state index in [0.29, 0.717) is 13.0 Å². The van der Waals surface area contributed by atoms with Crippen molar-refractivity contribution in [2.24, 2.45) is 0 Å². The fraction of sp³-hybridized carbons (Fsp3) is 0.348. The first-order valence-electron chi connectivity index (χ1n) is 9.91. The monoisotopic (exact) mass is 389 g/mol. The summed E-state index contributed by atoms with van der Waals surface area (Å²) in [7, 11) is 0. The lowest BCUT2D eigenvalue weighted by Gasteiger charge is -2.22. The predicted molar refractivity (Wildman–Crippen MR) is 108 cm³/mol. The Labute approximate surface area is 170 Å². The maximum atomic E-state index is 12.6. The third-order valence-electron chi connectivity index (χ3n) is 5.81. The summed E-state index contributed by atoms with van der Waals surface area (Å²) in [5.41, 5.74) is 4.61. The largest absolute Gasteiger partial charge is 0.449 e. The van der Waals surface area contributed by atoms with Crippen LogP contribution in [0.1, 0.15) is 36.8 Å². The van der Waals surface area contributed by atoms with Crippen molar-refractivity contribution in [1.29, 1.82) is 5.26 Å². The summed E-state index contributed by atoms with van der Waals surface area (Å²) in [6.45, 7) is 2.43. The van der Waals surface area contributed by atoms with Gasteiger partial charge in [0.25, 0.3) is 0 Å². The second-order valence-corrected chi connectivity index (χ2v) is 7.55. The normalized spacial score (nSPS) is 18.5. The Morgan fingerprint density at radius 3 is 2.41 bits per heavy atom. The molecule has 6 nitrogen and oxygen atoms in total. The maximum absolute atomic E-state index is 12.6. The van der Waals surface area contributed by atoms with Gasteiger partial charge < -0.3 is 15.0 Å². The van der Waals surface area contributed by atoms with Crippen LogP contribution in [0.25, 0.3) is 11.1 Å². The van der Waals surface area contributed by atoms with Crippen LogP contribution in [0.3, 0.4) is 0 Å². The summed E-state index contributed by atoms with van der Waals surface area (Å²) in [5.74, 6) is -0.180. The van der Waals surface area contributed by atoms with E-state index in [2.05, 4.69) is 35.8 Å². The number of hydrogen-bond donors (Lipinski definition) is 1. The Morgan fingerprint density at radius 1 is 1.17 bits per heavy atom. The van der Waals surface area contributed by atoms with Gasteiger partial charge in [-0.05, 0) is 42.0 Å². The van der Waals surface area contributed by atoms with Crippen molar-refractivity contribution in [3.63, 3.8) is 0 Å². The zero-order chi connectivity index (χ0) is 20.4. The third kappa shape index (κ3) is 3.56. The quantitative estimate of drug-likeness (QED) is 0.792. The van der Waals surface area contributed by atoms with Crippen LogP contribution in [0.5, 0.6) is 0 Å². The number of nitriles is 1. The summed E-state index contributed by atoms with van der Waals surface area (Å²) in [6, 6.07) is 15.1. The molecule has 2 aromatic carbocycles. The molecule has 1 aliphatic carbocycles. The van der Waals surface area contributed by atoms with Crippen LogP contribution in [0.4, 0.5) is 4.79 Å². The van der Waals surface area contributed by atoms with Gasteiger partial charge in [0.05, 0.1) is 12.1 Å². The van der Waals surface area contributed by atoms with Gasteiger partial charge in [0.1, 0.15) is 6.61 Å². The van der Waals surface area contributed by atoms with Gasteiger partial charge >= 0.3 is 6.09 Å². The van der Waals surface area contributed by atoms with Gasteiger partial charge in [-0.1, -0.05) is 48.5 Å². The zero-order valence-corrected chi connectivity index (χ0v) is 16.3. The molecule has 1 amide bonds. The van der Waals surface area contributed by atoms with E-state index >= 15 is 0 Å². The number of nitrogens with zero attached hydrogens (tertiary/aromatic N) is 2. The topological polar surface area (TPSA) is 82.4 Å². The fourth-order valence-electron chi connectivity index (χ4n) is 4.36. The highest BCUT2D eigenvalue weighted by Crippen LogP contribution is 2.44. The predicted octanol–water partition coefficient (Wildman–Crippen LogP) is 3.43. The summed E-state index contributed by atoms with van der Waals surface area (Å²) in [5, 5.41) is 11.8. The standard InChI is InChI=1S/C23H23N3O3/c1-15(22(27)21-11-6-12-26(21)14-24)25-23(28)29-13-20-18-9-4-2-7-16(18)17-8-3-5-10-19(17)20/h2-5,7-10,15,20-21H,6,11-13H2,1H3,(H,25,28)/t15-,21?/m0/s1. The average Bonchev–Trinajstić information content (AvgIpc) is 3.34. The van der Waals surface area contributed by atoms with Gasteiger partial charge in [0.2, 0.25) is 0 Å². The first kappa shape index (κ1) is 19.0. The number of alkyl carbamates (subject to hydrolysis) is 1. The Balaban J connectivity index is 1.39. The molecule has 0 radical (unpaired) electrons. The van der Waals surface area contributed by atoms with E-state index in [-0.39, 0.29) is 18.3 Å². The van der Waals surface area contributed by atoms with Gasteiger partial charge in [-0.25, -0.2) is 4.79 Å². The Kier molecular flexibility index (Phi) is 5.22. The highest BCUT2D eigenvalue weighted by molar-refractivity contribution is 5.91. The molecule has 0 bridgehead atoms. The molecule has 2 aliphatic rings. The van der Waals surface area contributed by atoms with Crippen molar-refractivity contribution in [3.8, 4) is 17.3 Å². The number of nitrogens with one attached hydrogen (secondary N) is 1. The van der Waals surface area contributed by atoms with Crippen molar-refractivity contribution in [2.75, 3.05) is 13.2 Å². The summed E-state index contributed by atoms with van der Waals surface area (Å²) in [4.78, 5) is 26.4. The lowest BCUT2D eigenvalue weighted by Crippen LogP contribution is -2.47. The summed E-state index contributed by atoms with van der Waals surface area (Å²) < 4.78 is 5.50. The number of benzene rings is 2. The van der Waals surface area contributed by atoms with E-state index in [1.54, 1.807) is 6.92 Å². The van der Waals surface area contributed by atoms with Gasteiger partial charge in [0.15, 0.2) is 12.0 Å². The van der Waals surface area contributed by atoms with Crippen LogP contribution >= 0.6 is 0 Å². The smallest absolute Gasteiger partial charge is 0.407 e. The number of fused-ring (bicyclic) bond motifs is 3. The number of amides is 1. The molecule has 1 heterocycles. The third-order valence-corrected chi connectivity index (χ3v) is 5.81. The van der Waals surface area contributed by atoms with Crippen LogP contribution in [0.2, 0.25) is 0 Å². The van der Waals surface area contributed by atoms with E-state index in [0.717, 1.165) is 17.5 Å². The van der Waals surface area contributed by atoms with E-state index in [9.17, 15) is 9.59 Å². The number of carbonyl (C=O) groups excluding carboxylic acids is 2. The second-order valence-electron chi connectivity index (χ2n) is 7.55. The van der Waals surface area contributed by atoms with Crippen molar-refractivity contribution in [3.05, 3.63) is 59.7 Å². The molecule has 1 unspecified atom stereocenters. The molecule has 148 valence electrons. The van der Waals surface area contributed by atoms with Gasteiger partial charge in [-0.2, -0.15) is 5.26 Å². The number of ether oxygens (including phenoxy) is 1. The lowest BCUT2D eigenvalue weighted by molar-refractivity contribution is -0.124. The minimum absolute atomic E-state index is 0.0249. The first-order valence-corrected chi connectivity index (χ1v) is 9.91. The maximum Gasteiger partial charge on any atom is 0.407 e. The molecule has 0 aromatic heterocycles. The van der Waals surface area contributed by atoms with E-state index in [4.69, 9.17) is 10.00 Å². The molecule has 1 N–H and O–H groups in total. The second kappa shape index (κ2) is 7.96. The number of ketones is 1. The zero-order valence-electron chi connectivity index (χ0n) is 16.3. The molecule has 29 heavy (non-hydrogen) atoms. The van der Waals surface area contributed by atoms with E-state index in [1.807, 2.05) is 24.3 Å². The fourth-order valence-corrected chi connectivity index (χ4v) is 4.36. The average molecular weight is 389 g/mol. The molecule has 1 aliphatic heterocycles. The highest BCUT2D eigenvalue weighted by atomic mass is 16.5. The Hall–Kier alpha value is -3.33. The van der Waals surface area contributed by atoms with Crippen molar-refractivity contribution < 1.29 is 14.3 Å². The highest BCUT2D eigenvalue weighted by Gasteiger charge is 2.34. The minimum atomic E-state index is -0.704. The first-order chi connectivity index (χ1) is 14.1. The van der Waals surface area contributed by atoms with Crippen LogP contribution in [-0.2, 0) is 9.53 Å². The minimum Gasteiger partial charge on any atom is -0.449 e. The molecular weight excluding hydrogens is 366 g/mol. The van der Waals surface area contributed by atoms with Crippen LogP contribution in [0.15, 0.2) is 48.5 Å². The number of Topliss-reactive ketones (excluding diaryl/α,β-unsaturated/α-hetero) is 1. The van der Waals surface area contributed by atoms with E-state index < -0.39 is 18.2 Å². The number of likely N-dealkylation sites (tertiary alicyclic amines) is 1. The molecule has 0 saturated carbocycles. The summed E-state index contributed by atoms with van der Waals surface area (Å²) in [6.07, 6.45) is 2.89. The Bertz CT molecular complexity index is 936. The van der Waals surface area contributed by atoms with Crippen LogP contribution in [0, 0.1) is 11.5 Å². The molecule has 0 spiro atoms. The van der Waals surface area contributed by atoms with Crippen molar-refractivity contribution >= 4 is 11.9 Å². The van der Waals surface area contributed by atoms with Crippen LogP contribution in [-0.4, -0.2) is 42.0 Å². The van der Waals surface area contributed by atoms with Crippen molar-refractivity contribution in [1.82, 2.24) is 10.2 Å². The molecule has 6 heteroatoms. The van der Waals surface area contributed by atoms with Gasteiger partial charge in [-0.3, -0.25) is 4.79 Å². The van der Waals surface area contributed by atoms with Gasteiger partial charge in [-0.15, -0.1) is 0 Å². The molecule has 2 atom stereocenters. The summed E-state index contributed by atoms with van der Waals surface area (Å²) >= 11 is 0. The Morgan fingerprint density at radius 2 is 1.79 bits per heavy atom. The number of rotatable bonds is 5. The molecule has 1 saturated heterocycles. The molecule has 2 aromatic rings. The lowest BCUT2D eigenvalue weighted by atomic mass is 9.98. The molecule has 4 rings (SSSR count). The molecular formula is C23H23N3O3. The SMILES string of the molecule is C[C@H](NC(=O)OCC1c2ccccc2-c2ccccc21)C(=O)C1CCCN1C#N. The number of hydrogen-bond acceptors (Lipinski definition) is 5. The number of carbonyl (C=O) groups is 2.